The Morgan fingerprint density at radius 3 is 2.23 bits per heavy atom. The van der Waals surface area contributed by atoms with E-state index in [1.807, 2.05) is 36.7 Å². The normalized spacial score (nSPS) is 15.3. The fraction of sp³-hybridized carbons (Fsp3) is 0.351. The number of benzene rings is 3. The fourth-order valence-electron chi connectivity index (χ4n) is 7.04. The largest absolute Gasteiger partial charge is 0.480 e. The van der Waals surface area contributed by atoms with Gasteiger partial charge < -0.3 is 10.5 Å². The zero-order valence-corrected chi connectivity index (χ0v) is 29.5. The van der Waals surface area contributed by atoms with Crippen molar-refractivity contribution in [3.05, 3.63) is 106 Å². The molecule has 2 aromatic heterocycles. The lowest BCUT2D eigenvalue weighted by Gasteiger charge is -2.33. The lowest BCUT2D eigenvalue weighted by Crippen LogP contribution is -2.36. The van der Waals surface area contributed by atoms with Gasteiger partial charge in [0.1, 0.15) is 17.4 Å². The Hall–Kier alpha value is -4.50. The number of rotatable bonds is 10. The van der Waals surface area contributed by atoms with Gasteiger partial charge in [0, 0.05) is 41.6 Å². The summed E-state index contributed by atoms with van der Waals surface area (Å²) in [5.74, 6) is -1.89. The third-order valence-electron chi connectivity index (χ3n) is 9.81. The summed E-state index contributed by atoms with van der Waals surface area (Å²) in [5, 5.41) is 15.2. The minimum Gasteiger partial charge on any atom is -0.480 e. The van der Waals surface area contributed by atoms with Gasteiger partial charge in [-0.05, 0) is 73.7 Å². The molecule has 0 saturated carbocycles. The van der Waals surface area contributed by atoms with Crippen molar-refractivity contribution in [3.8, 4) is 16.9 Å². The summed E-state index contributed by atoms with van der Waals surface area (Å²) in [6.45, 7) is 7.35. The standard InChI is InChI=1S/C37H36F7N5O2S/c1-5-20-8-7-9-21(6-2)30(20)49-31(24-12-13-28(38)32-25(24)14-15-48(32)45-29(19-52)34(50)51)26-18-47(35(3,4)33(26)46-49)17-22-10-11-23(36(39,40)41)16-27(22)37(42,43)44/h7-16,29,45,52H,5-6,17-19H2,1-4H3,(H,50,51)/t29-/m0/s1. The maximum Gasteiger partial charge on any atom is 0.416 e. The molecule has 5 aromatic rings. The molecule has 6 rings (SSSR count). The lowest BCUT2D eigenvalue weighted by atomic mass is 9.96. The number of carboxylic acid groups (broad SMARTS) is 1. The quantitative estimate of drug-likeness (QED) is 0.0983. The van der Waals surface area contributed by atoms with E-state index in [2.05, 4.69) is 18.1 Å². The molecule has 0 bridgehead atoms. The van der Waals surface area contributed by atoms with Crippen LogP contribution in [0.1, 0.15) is 66.8 Å². The summed E-state index contributed by atoms with van der Waals surface area (Å²) in [5.41, 5.74) is 3.87. The number of halogens is 7. The number of alkyl halides is 6. The monoisotopic (exact) mass is 747 g/mol. The first-order valence-electron chi connectivity index (χ1n) is 16.6. The van der Waals surface area contributed by atoms with Gasteiger partial charge in [0.25, 0.3) is 0 Å². The van der Waals surface area contributed by atoms with Crippen molar-refractivity contribution < 1.29 is 40.6 Å². The van der Waals surface area contributed by atoms with Crippen LogP contribution < -0.4 is 5.43 Å². The zero-order chi connectivity index (χ0) is 37.9. The van der Waals surface area contributed by atoms with Gasteiger partial charge >= 0.3 is 18.3 Å². The minimum absolute atomic E-state index is 0.0696. The van der Waals surface area contributed by atoms with Gasteiger partial charge in [0.15, 0.2) is 0 Å². The van der Waals surface area contributed by atoms with E-state index in [0.717, 1.165) is 22.9 Å². The summed E-state index contributed by atoms with van der Waals surface area (Å²) in [4.78, 5) is 13.5. The van der Waals surface area contributed by atoms with Gasteiger partial charge in [-0.1, -0.05) is 38.1 Å². The Bertz CT molecular complexity index is 2150. The highest BCUT2D eigenvalue weighted by atomic mass is 32.1. The van der Waals surface area contributed by atoms with Crippen molar-refractivity contribution in [2.24, 2.45) is 0 Å². The van der Waals surface area contributed by atoms with E-state index >= 15 is 4.39 Å². The van der Waals surface area contributed by atoms with Crippen LogP contribution in [-0.2, 0) is 48.6 Å². The maximum atomic E-state index is 15.6. The molecule has 1 atom stereocenters. The Morgan fingerprint density at radius 2 is 1.65 bits per heavy atom. The van der Waals surface area contributed by atoms with Gasteiger partial charge in [-0.3, -0.25) is 9.58 Å². The number of aromatic nitrogens is 3. The number of aryl methyl sites for hydroxylation is 2. The van der Waals surface area contributed by atoms with Crippen LogP contribution in [0.15, 0.2) is 60.8 Å². The lowest BCUT2D eigenvalue weighted by molar-refractivity contribution is -0.144. The number of hydrogen-bond donors (Lipinski definition) is 3. The number of carbonyl (C=O) groups is 1. The molecule has 1 aliphatic rings. The second kappa shape index (κ2) is 13.5. The van der Waals surface area contributed by atoms with Crippen LogP contribution in [0.2, 0.25) is 0 Å². The van der Waals surface area contributed by atoms with Crippen LogP contribution in [0.4, 0.5) is 30.7 Å². The summed E-state index contributed by atoms with van der Waals surface area (Å²) in [6.07, 6.45) is -7.19. The number of nitrogens with zero attached hydrogens (tertiary/aromatic N) is 4. The first kappa shape index (κ1) is 37.3. The van der Waals surface area contributed by atoms with E-state index in [-0.39, 0.29) is 36.0 Å². The molecule has 3 heterocycles. The molecule has 276 valence electrons. The zero-order valence-electron chi connectivity index (χ0n) is 28.6. The molecule has 0 aliphatic carbocycles. The van der Waals surface area contributed by atoms with E-state index in [0.29, 0.717) is 46.8 Å². The minimum atomic E-state index is -5.04. The molecule has 0 unspecified atom stereocenters. The van der Waals surface area contributed by atoms with Crippen LogP contribution in [0.25, 0.3) is 27.8 Å². The molecule has 0 radical (unpaired) electrons. The SMILES string of the molecule is CCc1cccc(CC)c1-n1nc2c(c1-c1ccc(F)c3c1ccn3N[C@@H](CS)C(=O)O)CN(Cc1ccc(C(F)(F)F)cc1C(F)(F)F)C2(C)C. The Balaban J connectivity index is 1.56. The van der Waals surface area contributed by atoms with E-state index in [4.69, 9.17) is 5.10 Å². The van der Waals surface area contributed by atoms with E-state index in [1.54, 1.807) is 30.9 Å². The van der Waals surface area contributed by atoms with Crippen molar-refractivity contribution in [2.45, 2.75) is 77.6 Å². The van der Waals surface area contributed by atoms with Crippen LogP contribution in [0, 0.1) is 5.82 Å². The van der Waals surface area contributed by atoms with Crippen molar-refractivity contribution >= 4 is 29.5 Å². The molecular weight excluding hydrogens is 711 g/mol. The van der Waals surface area contributed by atoms with Gasteiger partial charge in [0.2, 0.25) is 0 Å². The predicted octanol–water partition coefficient (Wildman–Crippen LogP) is 8.97. The van der Waals surface area contributed by atoms with Gasteiger partial charge in [-0.2, -0.15) is 44.1 Å². The van der Waals surface area contributed by atoms with Crippen molar-refractivity contribution in [1.29, 1.82) is 0 Å². The third kappa shape index (κ3) is 6.42. The second-order valence-corrected chi connectivity index (χ2v) is 13.6. The molecule has 15 heteroatoms. The number of fused-ring (bicyclic) bond motifs is 2. The number of thiol groups is 1. The average Bonchev–Trinajstić information content (AvgIpc) is 3.74. The topological polar surface area (TPSA) is 75.3 Å². The Kier molecular flexibility index (Phi) is 9.66. The molecular formula is C37H36F7N5O2S. The highest BCUT2D eigenvalue weighted by Gasteiger charge is 2.45. The number of carboxylic acids is 1. The molecule has 0 saturated heterocycles. The molecule has 1 aliphatic heterocycles. The molecule has 3 aromatic carbocycles. The van der Waals surface area contributed by atoms with E-state index in [9.17, 15) is 36.2 Å². The second-order valence-electron chi connectivity index (χ2n) is 13.2. The first-order valence-corrected chi connectivity index (χ1v) is 17.2. The molecule has 0 amide bonds. The molecule has 0 fully saturated rings. The molecule has 7 nitrogen and oxygen atoms in total. The maximum absolute atomic E-state index is 15.6. The van der Waals surface area contributed by atoms with E-state index in [1.165, 1.54) is 16.9 Å². The third-order valence-corrected chi connectivity index (χ3v) is 10.2. The van der Waals surface area contributed by atoms with Gasteiger partial charge in [-0.25, -0.2) is 13.9 Å². The highest BCUT2D eigenvalue weighted by Crippen LogP contribution is 2.47. The van der Waals surface area contributed by atoms with Crippen molar-refractivity contribution in [1.82, 2.24) is 19.4 Å². The summed E-state index contributed by atoms with van der Waals surface area (Å²) < 4.78 is 102. The van der Waals surface area contributed by atoms with Crippen LogP contribution in [-0.4, -0.2) is 42.2 Å². The average molecular weight is 748 g/mol. The predicted molar refractivity (Wildman–Crippen MR) is 187 cm³/mol. The number of nitrogens with one attached hydrogen (secondary N) is 1. The highest BCUT2D eigenvalue weighted by molar-refractivity contribution is 7.80. The van der Waals surface area contributed by atoms with E-state index < -0.39 is 46.8 Å². The summed E-state index contributed by atoms with van der Waals surface area (Å²) in [6, 6.07) is 11.0. The Labute approximate surface area is 300 Å². The number of para-hydroxylation sites is 1. The number of aliphatic carboxylic acids is 1. The summed E-state index contributed by atoms with van der Waals surface area (Å²) >= 11 is 4.11. The number of hydrogen-bond acceptors (Lipinski definition) is 5. The van der Waals surface area contributed by atoms with Gasteiger partial charge in [0.05, 0.1) is 33.7 Å². The van der Waals surface area contributed by atoms with Gasteiger partial charge in [-0.15, -0.1) is 0 Å². The van der Waals surface area contributed by atoms with Crippen LogP contribution in [0.3, 0.4) is 0 Å². The summed E-state index contributed by atoms with van der Waals surface area (Å²) in [7, 11) is 0. The fourth-order valence-corrected chi connectivity index (χ4v) is 7.28. The van der Waals surface area contributed by atoms with Crippen molar-refractivity contribution in [3.63, 3.8) is 0 Å². The molecule has 0 spiro atoms. The van der Waals surface area contributed by atoms with Crippen LogP contribution >= 0.6 is 12.6 Å². The first-order chi connectivity index (χ1) is 24.4. The van der Waals surface area contributed by atoms with Crippen LogP contribution in [0.5, 0.6) is 0 Å². The molecule has 52 heavy (non-hydrogen) atoms. The smallest absolute Gasteiger partial charge is 0.416 e. The molecule has 2 N–H and O–H groups in total. The Morgan fingerprint density at radius 1 is 0.981 bits per heavy atom. The van der Waals surface area contributed by atoms with Crippen molar-refractivity contribution in [2.75, 3.05) is 11.2 Å².